The number of aromatic amines is 1. The van der Waals surface area contributed by atoms with Crippen LogP contribution in [0.1, 0.15) is 28.0 Å². The highest BCUT2D eigenvalue weighted by Gasteiger charge is 2.34. The fraction of sp³-hybridized carbons (Fsp3) is 0.227. The predicted molar refractivity (Wildman–Crippen MR) is 108 cm³/mol. The maximum absolute atomic E-state index is 13.4. The third-order valence-electron chi connectivity index (χ3n) is 5.19. The number of hydrogen-bond donors (Lipinski definition) is 2. The number of nitrogens with two attached hydrogens (primary N) is 1. The van der Waals surface area contributed by atoms with Crippen molar-refractivity contribution in [2.24, 2.45) is 11.7 Å². The Hall–Kier alpha value is -3.80. The van der Waals surface area contributed by atoms with Gasteiger partial charge in [0.2, 0.25) is 5.91 Å². The molecule has 1 aliphatic rings. The molecule has 2 amide bonds. The molecule has 158 valence electrons. The van der Waals surface area contributed by atoms with Crippen molar-refractivity contribution in [3.63, 3.8) is 0 Å². The van der Waals surface area contributed by atoms with E-state index in [2.05, 4.69) is 21.8 Å². The minimum Gasteiger partial charge on any atom is -0.364 e. The number of likely N-dealkylation sites (tertiary alicyclic amines) is 1. The first-order valence-corrected chi connectivity index (χ1v) is 9.41. The zero-order valence-electron chi connectivity index (χ0n) is 16.4. The summed E-state index contributed by atoms with van der Waals surface area (Å²) in [6, 6.07) is 7.97. The van der Waals surface area contributed by atoms with Crippen LogP contribution in [0.2, 0.25) is 0 Å². The molecule has 0 bridgehead atoms. The van der Waals surface area contributed by atoms with E-state index in [1.807, 2.05) is 0 Å². The summed E-state index contributed by atoms with van der Waals surface area (Å²) in [6.45, 7) is 0.649. The van der Waals surface area contributed by atoms with Crippen molar-refractivity contribution in [1.29, 1.82) is 0 Å². The van der Waals surface area contributed by atoms with Crippen LogP contribution in [0.3, 0.4) is 0 Å². The number of alkyl halides is 3. The van der Waals surface area contributed by atoms with Gasteiger partial charge in [-0.25, -0.2) is 4.98 Å². The molecule has 9 heteroatoms. The Balaban J connectivity index is 1.78. The largest absolute Gasteiger partial charge is 0.418 e. The van der Waals surface area contributed by atoms with E-state index >= 15 is 0 Å². The van der Waals surface area contributed by atoms with Gasteiger partial charge in [0, 0.05) is 36.3 Å². The summed E-state index contributed by atoms with van der Waals surface area (Å²) >= 11 is 0. The van der Waals surface area contributed by atoms with Crippen molar-refractivity contribution in [3.05, 3.63) is 53.3 Å². The van der Waals surface area contributed by atoms with Crippen molar-refractivity contribution in [1.82, 2.24) is 14.9 Å². The van der Waals surface area contributed by atoms with Gasteiger partial charge in [-0.15, -0.1) is 0 Å². The molecule has 3 heterocycles. The summed E-state index contributed by atoms with van der Waals surface area (Å²) in [5.74, 6) is 4.55. The number of aromatic nitrogens is 2. The fourth-order valence-electron chi connectivity index (χ4n) is 3.57. The van der Waals surface area contributed by atoms with Gasteiger partial charge in [-0.3, -0.25) is 9.59 Å². The Kier molecular flexibility index (Phi) is 4.93. The first-order valence-electron chi connectivity index (χ1n) is 9.41. The molecule has 1 fully saturated rings. The second kappa shape index (κ2) is 7.47. The van der Waals surface area contributed by atoms with E-state index in [0.717, 1.165) is 6.20 Å². The molecule has 0 aliphatic carbocycles. The minimum absolute atomic E-state index is 0.0333. The molecule has 3 N–H and O–H groups in total. The Morgan fingerprint density at radius 3 is 2.74 bits per heavy atom. The average molecular weight is 426 g/mol. The van der Waals surface area contributed by atoms with Crippen LogP contribution in [-0.4, -0.2) is 40.3 Å². The maximum Gasteiger partial charge on any atom is 0.418 e. The predicted octanol–water partition coefficient (Wildman–Crippen LogP) is 3.18. The van der Waals surface area contributed by atoms with Crippen molar-refractivity contribution >= 4 is 22.7 Å². The molecule has 1 atom stereocenters. The summed E-state index contributed by atoms with van der Waals surface area (Å²) in [6.07, 6.45) is -3.17. The van der Waals surface area contributed by atoms with Crippen LogP contribution < -0.4 is 5.73 Å². The normalized spacial score (nSPS) is 16.5. The molecule has 0 spiro atoms. The fourth-order valence-corrected chi connectivity index (χ4v) is 3.57. The molecule has 1 saturated heterocycles. The topological polar surface area (TPSA) is 92.1 Å². The average Bonchev–Trinajstić information content (AvgIpc) is 3.29. The number of H-pyrrole nitrogens is 1. The van der Waals surface area contributed by atoms with E-state index in [-0.39, 0.29) is 34.1 Å². The number of fused-ring (bicyclic) bond motifs is 1. The number of nitrogens with one attached hydrogen (secondary N) is 1. The number of nitrogens with zero attached hydrogens (tertiary/aromatic N) is 2. The van der Waals surface area contributed by atoms with E-state index in [1.54, 1.807) is 36.2 Å². The smallest absolute Gasteiger partial charge is 0.364 e. The summed E-state index contributed by atoms with van der Waals surface area (Å²) in [5, 5.41) is -0.192. The van der Waals surface area contributed by atoms with Gasteiger partial charge < -0.3 is 15.6 Å². The molecular formula is C22H17F3N4O2. The van der Waals surface area contributed by atoms with Crippen molar-refractivity contribution < 1.29 is 22.8 Å². The molecule has 2 aromatic heterocycles. The highest BCUT2D eigenvalue weighted by molar-refractivity contribution is 6.05. The number of rotatable bonds is 2. The molecule has 0 saturated carbocycles. The van der Waals surface area contributed by atoms with Crippen LogP contribution in [-0.2, 0) is 11.0 Å². The quantitative estimate of drug-likeness (QED) is 0.617. The number of primary amides is 1. The van der Waals surface area contributed by atoms with E-state index in [1.165, 1.54) is 6.07 Å². The van der Waals surface area contributed by atoms with Crippen molar-refractivity contribution in [3.8, 4) is 23.1 Å². The molecule has 1 aromatic carbocycles. The van der Waals surface area contributed by atoms with Crippen LogP contribution in [0, 0.1) is 17.8 Å². The number of halogens is 3. The molecule has 3 aromatic rings. The van der Waals surface area contributed by atoms with Crippen LogP contribution in [0.25, 0.3) is 22.2 Å². The van der Waals surface area contributed by atoms with Gasteiger partial charge in [0.15, 0.2) is 5.69 Å². The monoisotopic (exact) mass is 426 g/mol. The number of benzene rings is 1. The van der Waals surface area contributed by atoms with E-state index < -0.39 is 17.6 Å². The number of hydrogen-bond acceptors (Lipinski definition) is 3. The standard InChI is InChI=1S/C22H17F3N4O2/c1-29-8-7-13(21(29)31)6-5-12-3-2-4-14(9-12)17-10-15-16(22(23,24)25)11-27-18(15)19(28-17)20(26)30/h2-4,9-11,13,27H,7-8H2,1H3,(H2,26,30). The van der Waals surface area contributed by atoms with Gasteiger partial charge in [-0.05, 0) is 24.6 Å². The lowest BCUT2D eigenvalue weighted by Crippen LogP contribution is -2.21. The Morgan fingerprint density at radius 1 is 1.32 bits per heavy atom. The lowest BCUT2D eigenvalue weighted by Gasteiger charge is -2.08. The Morgan fingerprint density at radius 2 is 2.10 bits per heavy atom. The Labute approximate surface area is 175 Å². The summed E-state index contributed by atoms with van der Waals surface area (Å²) < 4.78 is 40.2. The molecule has 0 radical (unpaired) electrons. The van der Waals surface area contributed by atoms with Crippen LogP contribution in [0.5, 0.6) is 0 Å². The molecule has 31 heavy (non-hydrogen) atoms. The molecule has 6 nitrogen and oxygen atoms in total. The SMILES string of the molecule is CN1CCC(C#Cc2cccc(-c3cc4c(C(F)(F)F)c[nH]c4c(C(N)=O)n3)c2)C1=O. The zero-order valence-corrected chi connectivity index (χ0v) is 16.4. The van der Waals surface area contributed by atoms with Crippen molar-refractivity contribution in [2.75, 3.05) is 13.6 Å². The second-order valence-electron chi connectivity index (χ2n) is 7.29. The van der Waals surface area contributed by atoms with Crippen LogP contribution >= 0.6 is 0 Å². The first-order chi connectivity index (χ1) is 14.6. The Bertz CT molecular complexity index is 1270. The summed E-state index contributed by atoms with van der Waals surface area (Å²) in [4.78, 5) is 32.1. The summed E-state index contributed by atoms with van der Waals surface area (Å²) in [7, 11) is 1.72. The van der Waals surface area contributed by atoms with Gasteiger partial charge in [-0.1, -0.05) is 24.0 Å². The lowest BCUT2D eigenvalue weighted by atomic mass is 10.0. The van der Waals surface area contributed by atoms with E-state index in [9.17, 15) is 22.8 Å². The van der Waals surface area contributed by atoms with Crippen LogP contribution in [0.15, 0.2) is 36.5 Å². The number of pyridine rings is 1. The third kappa shape index (κ3) is 3.84. The third-order valence-corrected chi connectivity index (χ3v) is 5.19. The number of amides is 2. The minimum atomic E-state index is -4.61. The zero-order chi connectivity index (χ0) is 22.3. The van der Waals surface area contributed by atoms with E-state index in [0.29, 0.717) is 24.1 Å². The van der Waals surface area contributed by atoms with Crippen molar-refractivity contribution in [2.45, 2.75) is 12.6 Å². The van der Waals surface area contributed by atoms with Gasteiger partial charge in [0.05, 0.1) is 16.8 Å². The van der Waals surface area contributed by atoms with Gasteiger partial charge >= 0.3 is 6.18 Å². The summed E-state index contributed by atoms with van der Waals surface area (Å²) in [5.41, 5.74) is 5.31. The first kappa shape index (κ1) is 20.5. The second-order valence-corrected chi connectivity index (χ2v) is 7.29. The molecular weight excluding hydrogens is 409 g/mol. The highest BCUT2D eigenvalue weighted by Crippen LogP contribution is 2.37. The van der Waals surface area contributed by atoms with Gasteiger partial charge in [0.25, 0.3) is 5.91 Å². The number of carbonyl (C=O) groups is 2. The molecule has 1 unspecified atom stereocenters. The lowest BCUT2D eigenvalue weighted by molar-refractivity contribution is -0.136. The molecule has 4 rings (SSSR count). The maximum atomic E-state index is 13.4. The van der Waals surface area contributed by atoms with Gasteiger partial charge in [-0.2, -0.15) is 13.2 Å². The van der Waals surface area contributed by atoms with Gasteiger partial charge in [0.1, 0.15) is 5.92 Å². The van der Waals surface area contributed by atoms with Crippen LogP contribution in [0.4, 0.5) is 13.2 Å². The highest BCUT2D eigenvalue weighted by atomic mass is 19.4. The van der Waals surface area contributed by atoms with E-state index in [4.69, 9.17) is 5.73 Å². The molecule has 1 aliphatic heterocycles. The number of carbonyl (C=O) groups excluding carboxylic acids is 2.